The third-order valence-electron chi connectivity index (χ3n) is 14.0. The predicted molar refractivity (Wildman–Crippen MR) is 290 cm³/mol. The molecule has 0 saturated heterocycles. The summed E-state index contributed by atoms with van der Waals surface area (Å²) >= 11 is 0. The number of pyridine rings is 3. The minimum atomic E-state index is -0.0405. The molecule has 3 aromatic heterocycles. The lowest BCUT2D eigenvalue weighted by atomic mass is 9.33. The number of hydrogen-bond donors (Lipinski definition) is 0. The molecule has 0 saturated carbocycles. The van der Waals surface area contributed by atoms with Crippen molar-refractivity contribution in [3.63, 3.8) is 0 Å². The predicted octanol–water partition coefficient (Wildman–Crippen LogP) is 14.6. The van der Waals surface area contributed by atoms with Gasteiger partial charge in [0.15, 0.2) is 0 Å². The van der Waals surface area contributed by atoms with Gasteiger partial charge in [-0.25, -0.2) is 0 Å². The second-order valence-corrected chi connectivity index (χ2v) is 18.4. The number of aryl methyl sites for hydroxylation is 6. The molecule has 0 aliphatic rings. The van der Waals surface area contributed by atoms with Crippen LogP contribution in [0.3, 0.4) is 0 Å². The van der Waals surface area contributed by atoms with Gasteiger partial charge in [-0.2, -0.15) is 0 Å². The molecule has 0 bridgehead atoms. The zero-order valence-corrected chi connectivity index (χ0v) is 39.6. The van der Waals surface area contributed by atoms with Gasteiger partial charge in [-0.1, -0.05) is 173 Å². The Hall–Kier alpha value is -7.69. The molecule has 3 nitrogen and oxygen atoms in total. The van der Waals surface area contributed by atoms with E-state index in [1.165, 1.54) is 87.6 Å². The van der Waals surface area contributed by atoms with E-state index in [0.717, 1.165) is 60.5 Å². The van der Waals surface area contributed by atoms with Crippen molar-refractivity contribution in [2.24, 2.45) is 0 Å². The number of nitrogens with zero attached hydrogens (tertiary/aromatic N) is 3. The maximum absolute atomic E-state index is 5.08. The lowest BCUT2D eigenvalue weighted by Gasteiger charge is -2.28. The van der Waals surface area contributed by atoms with Gasteiger partial charge in [-0.05, 0) is 133 Å². The fourth-order valence-corrected chi connectivity index (χ4v) is 11.4. The lowest BCUT2D eigenvalue weighted by Crippen LogP contribution is -2.56. The molecule has 0 amide bonds. The standard InChI is InChI=1S/C61H46BN3.C2H6/c1-35-23-37(3)60(38(4)24-35)62(61-39(5)25-36(2)26-40(61)6)54-31-53(46-29-43-15-9-12-18-57(43)65-34-46)49-20-19-47-51(44-27-41-13-7-10-16-55(41)63-32-44)30-52(48-21-22-50(54)59(49)58(47)48)45-28-42-14-8-11-17-56(42)64-33-45;1-2/h7-34H,1-6H3;1-2H3. The summed E-state index contributed by atoms with van der Waals surface area (Å²) in [4.78, 5) is 15.1. The average Bonchev–Trinajstić information content (AvgIpc) is 3.34. The highest BCUT2D eigenvalue weighted by Crippen LogP contribution is 2.46. The van der Waals surface area contributed by atoms with E-state index in [-0.39, 0.29) is 6.71 Å². The SMILES string of the molecule is CC.Cc1cc(C)c(B(c2c(C)cc(C)cc2C)c2cc(-c3cnc4ccccc4c3)c3ccc4c(-c5cnc6ccccc6c5)cc(-c5cnc6ccccc6c5)c5ccc2c3c54)c(C)c1. The van der Waals surface area contributed by atoms with Crippen LogP contribution in [0.2, 0.25) is 0 Å². The van der Waals surface area contributed by atoms with Crippen molar-refractivity contribution in [2.75, 3.05) is 0 Å². The van der Waals surface area contributed by atoms with E-state index < -0.39 is 0 Å². The van der Waals surface area contributed by atoms with E-state index in [2.05, 4.69) is 212 Å². The largest absolute Gasteiger partial charge is 0.256 e. The molecular weight excluding hydrogens is 810 g/mol. The van der Waals surface area contributed by atoms with Gasteiger partial charge in [0.1, 0.15) is 0 Å². The van der Waals surface area contributed by atoms with Crippen LogP contribution in [0.4, 0.5) is 0 Å². The summed E-state index contributed by atoms with van der Waals surface area (Å²) in [5.74, 6) is 0. The summed E-state index contributed by atoms with van der Waals surface area (Å²) in [5.41, 5.74) is 21.6. The molecule has 0 spiro atoms. The quantitative estimate of drug-likeness (QED) is 0.123. The highest BCUT2D eigenvalue weighted by atomic mass is 14.7. The van der Waals surface area contributed by atoms with Gasteiger partial charge in [0, 0.05) is 51.4 Å². The first kappa shape index (κ1) is 42.0. The molecule has 0 atom stereocenters. The third kappa shape index (κ3) is 7.02. The van der Waals surface area contributed by atoms with Gasteiger partial charge in [0.2, 0.25) is 6.71 Å². The topological polar surface area (TPSA) is 38.7 Å². The Morgan fingerprint density at radius 1 is 0.343 bits per heavy atom. The molecule has 12 aromatic rings. The molecule has 4 heteroatoms. The monoisotopic (exact) mass is 861 g/mol. The molecule has 12 rings (SSSR count). The van der Waals surface area contributed by atoms with E-state index in [9.17, 15) is 0 Å². The Kier molecular flexibility index (Phi) is 10.4. The highest BCUT2D eigenvalue weighted by Gasteiger charge is 2.32. The normalized spacial score (nSPS) is 11.6. The van der Waals surface area contributed by atoms with Crippen LogP contribution in [-0.2, 0) is 0 Å². The first-order valence-electron chi connectivity index (χ1n) is 23.7. The van der Waals surface area contributed by atoms with Crippen molar-refractivity contribution in [2.45, 2.75) is 55.4 Å². The Morgan fingerprint density at radius 3 is 1.06 bits per heavy atom. The number of para-hydroxylation sites is 3. The second kappa shape index (κ2) is 16.6. The van der Waals surface area contributed by atoms with Gasteiger partial charge in [0.25, 0.3) is 0 Å². The van der Waals surface area contributed by atoms with Crippen molar-refractivity contribution in [1.29, 1.82) is 0 Å². The summed E-state index contributed by atoms with van der Waals surface area (Å²) < 4.78 is 0. The smallest absolute Gasteiger partial charge is 0.243 e. The summed E-state index contributed by atoms with van der Waals surface area (Å²) in [6, 6.07) is 56.1. The lowest BCUT2D eigenvalue weighted by molar-refractivity contribution is 1.34. The van der Waals surface area contributed by atoms with E-state index in [1.807, 2.05) is 13.8 Å². The molecule has 322 valence electrons. The fourth-order valence-electron chi connectivity index (χ4n) is 11.4. The number of benzene rings is 9. The summed E-state index contributed by atoms with van der Waals surface area (Å²) in [5, 5.41) is 10.8. The molecule has 0 fully saturated rings. The van der Waals surface area contributed by atoms with Gasteiger partial charge in [0.05, 0.1) is 16.6 Å². The van der Waals surface area contributed by atoms with Crippen molar-refractivity contribution >= 4 is 88.1 Å². The van der Waals surface area contributed by atoms with E-state index in [1.54, 1.807) is 0 Å². The minimum Gasteiger partial charge on any atom is -0.256 e. The van der Waals surface area contributed by atoms with Crippen LogP contribution in [0.15, 0.2) is 170 Å². The number of rotatable bonds is 6. The molecule has 0 aliphatic heterocycles. The maximum atomic E-state index is 5.08. The van der Waals surface area contributed by atoms with Crippen molar-refractivity contribution in [3.8, 4) is 33.4 Å². The van der Waals surface area contributed by atoms with Crippen LogP contribution in [0.5, 0.6) is 0 Å². The highest BCUT2D eigenvalue weighted by molar-refractivity contribution is 6.98. The molecule has 9 aromatic carbocycles. The molecule has 3 heterocycles. The van der Waals surface area contributed by atoms with E-state index >= 15 is 0 Å². The van der Waals surface area contributed by atoms with Gasteiger partial charge in [-0.3, -0.25) is 15.0 Å². The van der Waals surface area contributed by atoms with Crippen molar-refractivity contribution < 1.29 is 0 Å². The first-order chi connectivity index (χ1) is 32.7. The third-order valence-corrected chi connectivity index (χ3v) is 14.0. The Balaban J connectivity index is 0.00000244. The van der Waals surface area contributed by atoms with E-state index in [4.69, 9.17) is 15.0 Å². The molecular formula is C63H52BN3. The number of aromatic nitrogens is 3. The molecule has 0 N–H and O–H groups in total. The van der Waals surface area contributed by atoms with E-state index in [0.29, 0.717) is 0 Å². The summed E-state index contributed by atoms with van der Waals surface area (Å²) in [7, 11) is 0. The van der Waals surface area contributed by atoms with Gasteiger partial charge in [-0.15, -0.1) is 0 Å². The molecule has 67 heavy (non-hydrogen) atoms. The summed E-state index contributed by atoms with van der Waals surface area (Å²) in [6.45, 7) is 17.6. The molecule has 0 radical (unpaired) electrons. The molecule has 0 aliphatic carbocycles. The maximum Gasteiger partial charge on any atom is 0.243 e. The first-order valence-corrected chi connectivity index (χ1v) is 23.7. The van der Waals surface area contributed by atoms with Crippen LogP contribution in [0.25, 0.3) is 98.4 Å². The number of hydrogen-bond acceptors (Lipinski definition) is 3. The number of fused-ring (bicyclic) bond motifs is 3. The second-order valence-electron chi connectivity index (χ2n) is 18.4. The van der Waals surface area contributed by atoms with Crippen LogP contribution < -0.4 is 16.4 Å². The molecule has 0 unspecified atom stereocenters. The van der Waals surface area contributed by atoms with Crippen LogP contribution in [0, 0.1) is 41.5 Å². The van der Waals surface area contributed by atoms with Crippen molar-refractivity contribution in [1.82, 2.24) is 15.0 Å². The van der Waals surface area contributed by atoms with Crippen LogP contribution >= 0.6 is 0 Å². The fraction of sp³-hybridized carbons (Fsp3) is 0.127. The Morgan fingerprint density at radius 2 is 0.672 bits per heavy atom. The van der Waals surface area contributed by atoms with Gasteiger partial charge >= 0.3 is 0 Å². The zero-order chi connectivity index (χ0) is 46.1. The zero-order valence-electron chi connectivity index (χ0n) is 39.6. The Labute approximate surface area is 393 Å². The van der Waals surface area contributed by atoms with Crippen LogP contribution in [-0.4, -0.2) is 21.7 Å². The van der Waals surface area contributed by atoms with Crippen LogP contribution in [0.1, 0.15) is 47.2 Å². The summed E-state index contributed by atoms with van der Waals surface area (Å²) in [6.07, 6.45) is 6.18. The Bertz CT molecular complexity index is 3720. The van der Waals surface area contributed by atoms with Gasteiger partial charge < -0.3 is 0 Å². The average molecular weight is 862 g/mol. The minimum absolute atomic E-state index is 0.0405. The van der Waals surface area contributed by atoms with Crippen molar-refractivity contribution in [3.05, 3.63) is 204 Å².